The first-order chi connectivity index (χ1) is 9.17. The molecule has 0 bridgehead atoms. The number of nitrogens with two attached hydrogens (primary N) is 1. The summed E-state index contributed by atoms with van der Waals surface area (Å²) >= 11 is 0. The number of para-hydroxylation sites is 2. The third-order valence-electron chi connectivity index (χ3n) is 2.99. The fourth-order valence-electron chi connectivity index (χ4n) is 2.20. The highest BCUT2D eigenvalue weighted by Gasteiger charge is 2.17. The number of hydrazine groups is 1. The van der Waals surface area contributed by atoms with Crippen molar-refractivity contribution in [3.8, 4) is 6.07 Å². The zero-order valence-electron chi connectivity index (χ0n) is 10.6. The number of carbonyl (C=O) groups is 1. The van der Waals surface area contributed by atoms with E-state index in [0.717, 1.165) is 11.0 Å². The van der Waals surface area contributed by atoms with Gasteiger partial charge in [0.2, 0.25) is 5.91 Å². The molecular weight excluding hydrogens is 242 g/mol. The lowest BCUT2D eigenvalue weighted by Gasteiger charge is -2.15. The second-order valence-electron chi connectivity index (χ2n) is 4.34. The lowest BCUT2D eigenvalue weighted by atomic mass is 10.2. The average Bonchev–Trinajstić information content (AvgIpc) is 2.76. The first-order valence-corrected chi connectivity index (χ1v) is 5.99. The second kappa shape index (κ2) is 5.50. The number of benzene rings is 1. The van der Waals surface area contributed by atoms with Crippen LogP contribution in [-0.2, 0) is 11.2 Å². The van der Waals surface area contributed by atoms with Gasteiger partial charge in [0.25, 0.3) is 0 Å². The Hall–Kier alpha value is -2.39. The van der Waals surface area contributed by atoms with Crippen molar-refractivity contribution < 1.29 is 4.79 Å². The molecule has 1 aromatic heterocycles. The molecule has 0 spiro atoms. The number of amides is 1. The van der Waals surface area contributed by atoms with Gasteiger partial charge in [-0.05, 0) is 19.1 Å². The maximum absolute atomic E-state index is 11.4. The van der Waals surface area contributed by atoms with Gasteiger partial charge in [0, 0.05) is 12.5 Å². The van der Waals surface area contributed by atoms with Gasteiger partial charge in [-0.25, -0.2) is 10.8 Å². The molecule has 0 aliphatic carbocycles. The summed E-state index contributed by atoms with van der Waals surface area (Å²) in [6, 6.07) is 9.61. The van der Waals surface area contributed by atoms with E-state index < -0.39 is 0 Å². The van der Waals surface area contributed by atoms with Crippen molar-refractivity contribution in [2.45, 2.75) is 25.8 Å². The molecule has 0 aliphatic heterocycles. The number of imidazole rings is 1. The zero-order valence-corrected chi connectivity index (χ0v) is 10.6. The van der Waals surface area contributed by atoms with E-state index >= 15 is 0 Å². The maximum Gasteiger partial charge on any atom is 0.235 e. The van der Waals surface area contributed by atoms with Crippen molar-refractivity contribution in [2.24, 2.45) is 5.84 Å². The SMILES string of the molecule is CC(CC(=O)NN)n1c(CC#N)nc2ccccc21. The number of nitrogens with one attached hydrogen (secondary N) is 1. The highest BCUT2D eigenvalue weighted by Crippen LogP contribution is 2.23. The van der Waals surface area contributed by atoms with Gasteiger partial charge in [-0.3, -0.25) is 10.2 Å². The number of nitriles is 1. The van der Waals surface area contributed by atoms with E-state index in [1.165, 1.54) is 0 Å². The van der Waals surface area contributed by atoms with Crippen molar-refractivity contribution in [2.75, 3.05) is 0 Å². The van der Waals surface area contributed by atoms with Gasteiger partial charge in [-0.1, -0.05) is 12.1 Å². The fourth-order valence-corrected chi connectivity index (χ4v) is 2.20. The summed E-state index contributed by atoms with van der Waals surface area (Å²) in [6.45, 7) is 1.91. The van der Waals surface area contributed by atoms with Crippen molar-refractivity contribution in [3.63, 3.8) is 0 Å². The molecule has 0 saturated carbocycles. The van der Waals surface area contributed by atoms with Crippen molar-refractivity contribution in [1.29, 1.82) is 5.26 Å². The van der Waals surface area contributed by atoms with E-state index in [4.69, 9.17) is 11.1 Å². The number of fused-ring (bicyclic) bond motifs is 1. The fraction of sp³-hybridized carbons (Fsp3) is 0.308. The molecule has 0 radical (unpaired) electrons. The van der Waals surface area contributed by atoms with Gasteiger partial charge < -0.3 is 4.57 Å². The quantitative estimate of drug-likeness (QED) is 0.486. The predicted octanol–water partition coefficient (Wildman–Crippen LogP) is 1.04. The van der Waals surface area contributed by atoms with Gasteiger partial charge in [-0.2, -0.15) is 5.26 Å². The highest BCUT2D eigenvalue weighted by molar-refractivity contribution is 5.78. The summed E-state index contributed by atoms with van der Waals surface area (Å²) in [5.74, 6) is 5.53. The Morgan fingerprint density at radius 1 is 1.58 bits per heavy atom. The van der Waals surface area contributed by atoms with Crippen molar-refractivity contribution in [1.82, 2.24) is 15.0 Å². The Morgan fingerprint density at radius 2 is 2.32 bits per heavy atom. The number of aromatic nitrogens is 2. The number of hydrogen-bond acceptors (Lipinski definition) is 4. The molecule has 1 aromatic carbocycles. The van der Waals surface area contributed by atoms with Crippen LogP contribution in [0.5, 0.6) is 0 Å². The molecule has 1 atom stereocenters. The first-order valence-electron chi connectivity index (χ1n) is 5.99. The highest BCUT2D eigenvalue weighted by atomic mass is 16.2. The lowest BCUT2D eigenvalue weighted by Crippen LogP contribution is -2.31. The van der Waals surface area contributed by atoms with Crippen LogP contribution in [0.25, 0.3) is 11.0 Å². The molecule has 1 heterocycles. The minimum absolute atomic E-state index is 0.112. The smallest absolute Gasteiger partial charge is 0.235 e. The first kappa shape index (κ1) is 13.1. The molecule has 2 aromatic rings. The molecule has 2 rings (SSSR count). The van der Waals surface area contributed by atoms with Gasteiger partial charge >= 0.3 is 0 Å². The normalized spacial score (nSPS) is 12.1. The van der Waals surface area contributed by atoms with E-state index in [0.29, 0.717) is 5.82 Å². The standard InChI is InChI=1S/C13H15N5O/c1-9(8-13(19)17-15)18-11-5-3-2-4-10(11)16-12(18)6-7-14/h2-5,9H,6,8,15H2,1H3,(H,17,19). The second-order valence-corrected chi connectivity index (χ2v) is 4.34. The van der Waals surface area contributed by atoms with Crippen LogP contribution in [0.15, 0.2) is 24.3 Å². The number of rotatable bonds is 4. The molecule has 0 saturated heterocycles. The third-order valence-corrected chi connectivity index (χ3v) is 2.99. The van der Waals surface area contributed by atoms with E-state index in [1.807, 2.05) is 35.8 Å². The topological polar surface area (TPSA) is 96.7 Å². The predicted molar refractivity (Wildman–Crippen MR) is 70.7 cm³/mol. The summed E-state index contributed by atoms with van der Waals surface area (Å²) in [7, 11) is 0. The minimum atomic E-state index is -0.242. The summed E-state index contributed by atoms with van der Waals surface area (Å²) in [4.78, 5) is 15.8. The van der Waals surface area contributed by atoms with Crippen LogP contribution in [0.1, 0.15) is 25.2 Å². The Bertz CT molecular complexity index is 640. The Morgan fingerprint density at radius 3 is 3.00 bits per heavy atom. The van der Waals surface area contributed by atoms with Crippen LogP contribution in [0.3, 0.4) is 0 Å². The molecule has 3 N–H and O–H groups in total. The monoisotopic (exact) mass is 257 g/mol. The number of nitrogens with zero attached hydrogens (tertiary/aromatic N) is 3. The maximum atomic E-state index is 11.4. The van der Waals surface area contributed by atoms with E-state index in [1.54, 1.807) is 0 Å². The molecule has 0 fully saturated rings. The molecule has 1 amide bonds. The van der Waals surface area contributed by atoms with Crippen LogP contribution in [0.4, 0.5) is 0 Å². The average molecular weight is 257 g/mol. The molecule has 0 aliphatic rings. The summed E-state index contributed by atoms with van der Waals surface area (Å²) in [5, 5.41) is 8.88. The molecule has 6 nitrogen and oxygen atoms in total. The van der Waals surface area contributed by atoms with Gasteiger partial charge in [0.15, 0.2) is 0 Å². The molecule has 6 heteroatoms. The number of hydrogen-bond donors (Lipinski definition) is 2. The van der Waals surface area contributed by atoms with Crippen LogP contribution >= 0.6 is 0 Å². The van der Waals surface area contributed by atoms with E-state index in [-0.39, 0.29) is 24.8 Å². The van der Waals surface area contributed by atoms with Gasteiger partial charge in [-0.15, -0.1) is 0 Å². The molecular formula is C13H15N5O. The van der Waals surface area contributed by atoms with Crippen molar-refractivity contribution >= 4 is 16.9 Å². The third kappa shape index (κ3) is 2.56. The molecule has 98 valence electrons. The van der Waals surface area contributed by atoms with Crippen LogP contribution in [0.2, 0.25) is 0 Å². The molecule has 1 unspecified atom stereocenters. The Labute approximate surface area is 110 Å². The molecule has 19 heavy (non-hydrogen) atoms. The Kier molecular flexibility index (Phi) is 3.78. The minimum Gasteiger partial charge on any atom is -0.324 e. The largest absolute Gasteiger partial charge is 0.324 e. The summed E-state index contributed by atoms with van der Waals surface area (Å²) < 4.78 is 1.92. The van der Waals surface area contributed by atoms with Crippen LogP contribution in [0, 0.1) is 11.3 Å². The lowest BCUT2D eigenvalue weighted by molar-refractivity contribution is -0.121. The summed E-state index contributed by atoms with van der Waals surface area (Å²) in [5.41, 5.74) is 3.87. The van der Waals surface area contributed by atoms with Gasteiger partial charge in [0.05, 0.1) is 23.5 Å². The zero-order chi connectivity index (χ0) is 13.8. The number of carbonyl (C=O) groups excluding carboxylic acids is 1. The summed E-state index contributed by atoms with van der Waals surface area (Å²) in [6.07, 6.45) is 0.457. The van der Waals surface area contributed by atoms with Gasteiger partial charge in [0.1, 0.15) is 5.82 Å². The van der Waals surface area contributed by atoms with Crippen LogP contribution in [-0.4, -0.2) is 15.5 Å². The van der Waals surface area contributed by atoms with E-state index in [2.05, 4.69) is 16.5 Å². The Balaban J connectivity index is 2.47. The van der Waals surface area contributed by atoms with Crippen LogP contribution < -0.4 is 11.3 Å². The van der Waals surface area contributed by atoms with Crippen molar-refractivity contribution in [3.05, 3.63) is 30.1 Å². The van der Waals surface area contributed by atoms with E-state index in [9.17, 15) is 4.79 Å².